The Kier molecular flexibility index (Phi) is 4.96. The monoisotopic (exact) mass is 407 g/mol. The molecule has 8 nitrogen and oxygen atoms in total. The summed E-state index contributed by atoms with van der Waals surface area (Å²) in [5, 5.41) is 0. The van der Waals surface area contributed by atoms with Gasteiger partial charge in [0.15, 0.2) is 0 Å². The SMILES string of the molecule is O=c1[nH]c2cc(C(F)(F)F)c(N3CCCCC3)cc2n(CP(=O)(O)O)c1=O. The highest BCUT2D eigenvalue weighted by Crippen LogP contribution is 2.41. The lowest BCUT2D eigenvalue weighted by molar-refractivity contribution is -0.137. The molecule has 1 saturated heterocycles. The number of aromatic nitrogens is 2. The Morgan fingerprint density at radius 2 is 1.74 bits per heavy atom. The first-order valence-electron chi connectivity index (χ1n) is 8.15. The first-order valence-corrected chi connectivity index (χ1v) is 9.95. The predicted molar refractivity (Wildman–Crippen MR) is 91.9 cm³/mol. The summed E-state index contributed by atoms with van der Waals surface area (Å²) in [4.78, 5) is 45.8. The van der Waals surface area contributed by atoms with Gasteiger partial charge in [-0.15, -0.1) is 0 Å². The van der Waals surface area contributed by atoms with Crippen molar-refractivity contribution in [3.8, 4) is 0 Å². The Bertz CT molecular complexity index is 1030. The molecule has 0 amide bonds. The van der Waals surface area contributed by atoms with E-state index in [1.807, 2.05) is 0 Å². The number of nitrogens with zero attached hydrogens (tertiary/aromatic N) is 2. The van der Waals surface area contributed by atoms with Crippen molar-refractivity contribution in [2.75, 3.05) is 18.0 Å². The van der Waals surface area contributed by atoms with Gasteiger partial charge in [-0.2, -0.15) is 13.2 Å². The third kappa shape index (κ3) is 4.10. The standard InChI is InChI=1S/C15H17F3N3O5P/c16-15(17,18)9-6-10-12(7-11(9)20-4-2-1-3-5-20)21(8-27(24,25)26)14(23)13(22)19-10/h6-7H,1-5,8H2,(H,19,22)(H2,24,25,26). The predicted octanol–water partition coefficient (Wildman–Crippen LogP) is 1.83. The lowest BCUT2D eigenvalue weighted by atomic mass is 10.1. The highest BCUT2D eigenvalue weighted by Gasteiger charge is 2.36. The van der Waals surface area contributed by atoms with Crippen LogP contribution in [0.25, 0.3) is 11.0 Å². The summed E-state index contributed by atoms with van der Waals surface area (Å²) in [5.41, 5.74) is -4.14. The second-order valence-electron chi connectivity index (χ2n) is 6.43. The van der Waals surface area contributed by atoms with Crippen molar-refractivity contribution in [3.63, 3.8) is 0 Å². The van der Waals surface area contributed by atoms with E-state index in [9.17, 15) is 37.1 Å². The fraction of sp³-hybridized carbons (Fsp3) is 0.467. The lowest BCUT2D eigenvalue weighted by Crippen LogP contribution is -2.37. The van der Waals surface area contributed by atoms with Gasteiger partial charge in [-0.3, -0.25) is 18.7 Å². The summed E-state index contributed by atoms with van der Waals surface area (Å²) in [7, 11) is -4.76. The Morgan fingerprint density at radius 1 is 1.11 bits per heavy atom. The molecule has 0 saturated carbocycles. The molecule has 2 aromatic rings. The maximum absolute atomic E-state index is 13.6. The van der Waals surface area contributed by atoms with Crippen LogP contribution in [-0.4, -0.2) is 32.4 Å². The van der Waals surface area contributed by atoms with Crippen LogP contribution in [0.15, 0.2) is 21.7 Å². The Morgan fingerprint density at radius 3 is 2.30 bits per heavy atom. The number of anilines is 1. The zero-order valence-electron chi connectivity index (χ0n) is 14.0. The normalized spacial score (nSPS) is 16.1. The van der Waals surface area contributed by atoms with Crippen LogP contribution in [0, 0.1) is 0 Å². The number of hydrogen-bond donors (Lipinski definition) is 3. The molecule has 0 radical (unpaired) electrons. The number of alkyl halides is 3. The number of benzene rings is 1. The molecule has 0 bridgehead atoms. The van der Waals surface area contributed by atoms with Crippen LogP contribution in [0.1, 0.15) is 24.8 Å². The van der Waals surface area contributed by atoms with Gasteiger partial charge in [0.1, 0.15) is 6.29 Å². The maximum atomic E-state index is 13.6. The Balaban J connectivity index is 2.34. The molecular weight excluding hydrogens is 390 g/mol. The van der Waals surface area contributed by atoms with Crippen molar-refractivity contribution in [2.24, 2.45) is 0 Å². The van der Waals surface area contributed by atoms with Crippen LogP contribution >= 0.6 is 7.60 Å². The second kappa shape index (κ2) is 6.81. The maximum Gasteiger partial charge on any atom is 0.418 e. The molecule has 148 valence electrons. The van der Waals surface area contributed by atoms with Crippen LogP contribution in [0.2, 0.25) is 0 Å². The average molecular weight is 407 g/mol. The quantitative estimate of drug-likeness (QED) is 0.528. The van der Waals surface area contributed by atoms with E-state index in [0.29, 0.717) is 36.6 Å². The number of rotatable bonds is 3. The van der Waals surface area contributed by atoms with E-state index in [1.165, 1.54) is 4.90 Å². The van der Waals surface area contributed by atoms with E-state index in [2.05, 4.69) is 4.98 Å². The highest BCUT2D eigenvalue weighted by molar-refractivity contribution is 7.50. The minimum absolute atomic E-state index is 0.170. The molecule has 1 aliphatic heterocycles. The smallest absolute Gasteiger partial charge is 0.371 e. The molecule has 0 spiro atoms. The molecule has 2 heterocycles. The van der Waals surface area contributed by atoms with Gasteiger partial charge in [-0.1, -0.05) is 0 Å². The van der Waals surface area contributed by atoms with E-state index in [4.69, 9.17) is 0 Å². The number of piperidine rings is 1. The minimum atomic E-state index is -4.76. The number of H-pyrrole nitrogens is 1. The van der Waals surface area contributed by atoms with Crippen LogP contribution < -0.4 is 16.0 Å². The Hall–Kier alpha value is -2.10. The molecule has 0 atom stereocenters. The fourth-order valence-electron chi connectivity index (χ4n) is 3.26. The molecule has 1 aromatic carbocycles. The van der Waals surface area contributed by atoms with Crippen LogP contribution in [0.5, 0.6) is 0 Å². The fourth-order valence-corrected chi connectivity index (χ4v) is 3.91. The molecule has 0 aliphatic carbocycles. The summed E-state index contributed by atoms with van der Waals surface area (Å²) in [6.45, 7) is 0.779. The van der Waals surface area contributed by atoms with Gasteiger partial charge in [0.2, 0.25) is 0 Å². The lowest BCUT2D eigenvalue weighted by Gasteiger charge is -2.31. The average Bonchev–Trinajstić information content (AvgIpc) is 2.57. The zero-order chi connectivity index (χ0) is 20.0. The first kappa shape index (κ1) is 19.7. The minimum Gasteiger partial charge on any atom is -0.371 e. The molecule has 1 fully saturated rings. The van der Waals surface area contributed by atoms with Crippen molar-refractivity contribution >= 4 is 24.3 Å². The molecule has 3 N–H and O–H groups in total. The third-order valence-corrected chi connectivity index (χ3v) is 5.07. The van der Waals surface area contributed by atoms with Gasteiger partial charge in [0.05, 0.1) is 22.3 Å². The zero-order valence-corrected chi connectivity index (χ0v) is 14.9. The van der Waals surface area contributed by atoms with Gasteiger partial charge >= 0.3 is 24.9 Å². The van der Waals surface area contributed by atoms with Gasteiger partial charge in [0, 0.05) is 13.1 Å². The summed E-state index contributed by atoms with van der Waals surface area (Å²) in [6, 6.07) is 1.77. The van der Waals surface area contributed by atoms with Crippen molar-refractivity contribution in [2.45, 2.75) is 31.7 Å². The molecule has 0 unspecified atom stereocenters. The summed E-state index contributed by atoms with van der Waals surface area (Å²) in [6.07, 6.45) is -3.51. The molecular formula is C15H17F3N3O5P. The summed E-state index contributed by atoms with van der Waals surface area (Å²) >= 11 is 0. The first-order chi connectivity index (χ1) is 12.5. The van der Waals surface area contributed by atoms with Crippen molar-refractivity contribution in [1.82, 2.24) is 9.55 Å². The van der Waals surface area contributed by atoms with Crippen LogP contribution in [0.4, 0.5) is 18.9 Å². The molecule has 27 heavy (non-hydrogen) atoms. The topological polar surface area (TPSA) is 116 Å². The molecule has 3 rings (SSSR count). The van der Waals surface area contributed by atoms with Gasteiger partial charge in [-0.05, 0) is 31.4 Å². The number of fused-ring (bicyclic) bond motifs is 1. The molecule has 1 aliphatic rings. The van der Waals surface area contributed by atoms with Crippen LogP contribution in [0.3, 0.4) is 0 Å². The van der Waals surface area contributed by atoms with Gasteiger partial charge in [-0.25, -0.2) is 0 Å². The van der Waals surface area contributed by atoms with Crippen molar-refractivity contribution in [3.05, 3.63) is 38.4 Å². The van der Waals surface area contributed by atoms with Crippen LogP contribution in [-0.2, 0) is 17.0 Å². The van der Waals surface area contributed by atoms with E-state index in [1.54, 1.807) is 0 Å². The van der Waals surface area contributed by atoms with Crippen molar-refractivity contribution < 1.29 is 27.5 Å². The second-order valence-corrected chi connectivity index (χ2v) is 8.04. The third-order valence-electron chi connectivity index (χ3n) is 4.42. The number of halogens is 3. The summed E-state index contributed by atoms with van der Waals surface area (Å²) < 4.78 is 52.6. The number of hydrogen-bond acceptors (Lipinski definition) is 4. The van der Waals surface area contributed by atoms with E-state index in [-0.39, 0.29) is 16.7 Å². The Labute approximate surface area is 150 Å². The molecule has 12 heteroatoms. The van der Waals surface area contributed by atoms with Gasteiger partial charge < -0.3 is 19.7 Å². The van der Waals surface area contributed by atoms with E-state index >= 15 is 0 Å². The van der Waals surface area contributed by atoms with Gasteiger partial charge in [0.25, 0.3) is 0 Å². The number of aromatic amines is 1. The largest absolute Gasteiger partial charge is 0.418 e. The number of nitrogens with one attached hydrogen (secondary N) is 1. The highest BCUT2D eigenvalue weighted by atomic mass is 31.2. The van der Waals surface area contributed by atoms with Crippen molar-refractivity contribution in [1.29, 1.82) is 0 Å². The summed E-state index contributed by atoms with van der Waals surface area (Å²) in [5.74, 6) is 0. The van der Waals surface area contributed by atoms with E-state index in [0.717, 1.165) is 12.5 Å². The molecule has 1 aromatic heterocycles. The van der Waals surface area contributed by atoms with E-state index < -0.39 is 36.7 Å².